The molecule has 0 bridgehead atoms. The molecule has 7 heteroatoms. The van der Waals surface area contributed by atoms with Crippen molar-refractivity contribution in [2.24, 2.45) is 0 Å². The minimum Gasteiger partial charge on any atom is -0.464 e. The molecule has 1 heterocycles. The number of esters is 1. The lowest BCUT2D eigenvalue weighted by Crippen LogP contribution is -2.41. The Morgan fingerprint density at radius 3 is 2.21 bits per heavy atom. The highest BCUT2D eigenvalue weighted by atomic mass is 32.2. The van der Waals surface area contributed by atoms with Crippen LogP contribution in [-0.2, 0) is 24.2 Å². The van der Waals surface area contributed by atoms with E-state index < -0.39 is 33.5 Å². The van der Waals surface area contributed by atoms with E-state index in [9.17, 15) is 18.0 Å². The largest absolute Gasteiger partial charge is 0.464 e. The summed E-state index contributed by atoms with van der Waals surface area (Å²) in [5.74, 6) is -1.62. The first kappa shape index (κ1) is 20.9. The van der Waals surface area contributed by atoms with Crippen molar-refractivity contribution in [3.8, 4) is 0 Å². The molecule has 1 aliphatic rings. The Bertz CT molecular complexity index is 489. The van der Waals surface area contributed by atoms with Crippen LogP contribution in [0.25, 0.3) is 0 Å². The van der Waals surface area contributed by atoms with Crippen LogP contribution in [-0.4, -0.2) is 44.4 Å². The van der Waals surface area contributed by atoms with E-state index in [1.165, 1.54) is 32.1 Å². The summed E-state index contributed by atoms with van der Waals surface area (Å²) < 4.78 is 28.6. The molecule has 1 atom stereocenters. The van der Waals surface area contributed by atoms with E-state index in [2.05, 4.69) is 12.2 Å². The average Bonchev–Trinajstić information content (AvgIpc) is 2.90. The summed E-state index contributed by atoms with van der Waals surface area (Å²) in [5.41, 5.74) is 0. The molecule has 1 N–H and O–H groups in total. The Balaban J connectivity index is 2.08. The van der Waals surface area contributed by atoms with Gasteiger partial charge in [0.25, 0.3) is 0 Å². The van der Waals surface area contributed by atoms with Crippen LogP contribution >= 0.6 is 0 Å². The number of sulfone groups is 1. The van der Waals surface area contributed by atoms with Gasteiger partial charge in [0, 0.05) is 6.42 Å². The molecule has 1 saturated heterocycles. The number of rotatable bonds is 13. The SMILES string of the molecule is CCCCCCCCCCCS(=O)(=O)CC(=O)N[C@H]1CCOC1=O. The van der Waals surface area contributed by atoms with Crippen molar-refractivity contribution in [1.82, 2.24) is 5.32 Å². The van der Waals surface area contributed by atoms with E-state index in [1.807, 2.05) is 0 Å². The second-order valence-corrected chi connectivity index (χ2v) is 8.68. The number of cyclic esters (lactones) is 1. The Morgan fingerprint density at radius 1 is 1.08 bits per heavy atom. The molecule has 0 aromatic rings. The summed E-state index contributed by atoms with van der Waals surface area (Å²) in [4.78, 5) is 23.0. The highest BCUT2D eigenvalue weighted by Gasteiger charge is 2.29. The molecule has 1 rings (SSSR count). The van der Waals surface area contributed by atoms with Gasteiger partial charge in [-0.2, -0.15) is 0 Å². The van der Waals surface area contributed by atoms with E-state index >= 15 is 0 Å². The van der Waals surface area contributed by atoms with E-state index in [0.29, 0.717) is 12.8 Å². The molecule has 1 fully saturated rings. The standard InChI is InChI=1S/C17H31NO5S/c1-2-3-4-5-6-7-8-9-10-13-24(21,22)14-16(19)18-15-11-12-23-17(15)20/h15H,2-14H2,1H3,(H,18,19)/t15-/m0/s1. The van der Waals surface area contributed by atoms with Gasteiger partial charge in [0.15, 0.2) is 9.84 Å². The van der Waals surface area contributed by atoms with Crippen molar-refractivity contribution < 1.29 is 22.7 Å². The lowest BCUT2D eigenvalue weighted by atomic mass is 10.1. The zero-order valence-corrected chi connectivity index (χ0v) is 15.5. The number of ether oxygens (including phenoxy) is 1. The third-order valence-corrected chi connectivity index (χ3v) is 5.79. The second kappa shape index (κ2) is 11.4. The molecule has 1 amide bonds. The minimum atomic E-state index is -3.41. The van der Waals surface area contributed by atoms with E-state index in [4.69, 9.17) is 4.74 Å². The topological polar surface area (TPSA) is 89.5 Å². The van der Waals surface area contributed by atoms with Gasteiger partial charge < -0.3 is 10.1 Å². The first-order valence-electron chi connectivity index (χ1n) is 9.11. The molecule has 0 spiro atoms. The summed E-state index contributed by atoms with van der Waals surface area (Å²) in [5, 5.41) is 2.43. The summed E-state index contributed by atoms with van der Waals surface area (Å²) >= 11 is 0. The van der Waals surface area contributed by atoms with Gasteiger partial charge in [-0.25, -0.2) is 13.2 Å². The van der Waals surface area contributed by atoms with Gasteiger partial charge in [0.1, 0.15) is 11.8 Å². The number of hydrogen-bond donors (Lipinski definition) is 1. The Hall–Kier alpha value is -1.11. The number of unbranched alkanes of at least 4 members (excludes halogenated alkanes) is 8. The maximum absolute atomic E-state index is 11.9. The quantitative estimate of drug-likeness (QED) is 0.402. The van der Waals surface area contributed by atoms with Crippen LogP contribution in [0.3, 0.4) is 0 Å². The van der Waals surface area contributed by atoms with E-state index in [1.54, 1.807) is 0 Å². The molecule has 1 aliphatic heterocycles. The third kappa shape index (κ3) is 9.25. The minimum absolute atomic E-state index is 0.0331. The molecule has 0 aromatic heterocycles. The number of hydrogen-bond acceptors (Lipinski definition) is 5. The summed E-state index contributed by atoms with van der Waals surface area (Å²) in [7, 11) is -3.41. The van der Waals surface area contributed by atoms with Gasteiger partial charge in [0.2, 0.25) is 5.91 Å². The second-order valence-electron chi connectivity index (χ2n) is 6.50. The van der Waals surface area contributed by atoms with Gasteiger partial charge in [-0.15, -0.1) is 0 Å². The maximum atomic E-state index is 11.9. The molecule has 140 valence electrons. The third-order valence-electron chi connectivity index (χ3n) is 4.18. The lowest BCUT2D eigenvalue weighted by molar-refractivity contribution is -0.141. The number of nitrogens with one attached hydrogen (secondary N) is 1. The van der Waals surface area contributed by atoms with Gasteiger partial charge in [-0.3, -0.25) is 4.79 Å². The van der Waals surface area contributed by atoms with Crippen LogP contribution in [0.2, 0.25) is 0 Å². The summed E-state index contributed by atoms with van der Waals surface area (Å²) in [6, 6.07) is -0.694. The Labute approximate surface area is 145 Å². The van der Waals surface area contributed by atoms with E-state index in [-0.39, 0.29) is 12.4 Å². The van der Waals surface area contributed by atoms with Crippen LogP contribution in [0.4, 0.5) is 0 Å². The summed E-state index contributed by atoms with van der Waals surface area (Å²) in [6.07, 6.45) is 10.4. The van der Waals surface area contributed by atoms with Crippen molar-refractivity contribution in [3.05, 3.63) is 0 Å². The number of carbonyl (C=O) groups excluding carboxylic acids is 2. The zero-order chi connectivity index (χ0) is 17.8. The molecule has 6 nitrogen and oxygen atoms in total. The fourth-order valence-corrected chi connectivity index (χ4v) is 4.04. The van der Waals surface area contributed by atoms with Gasteiger partial charge >= 0.3 is 5.97 Å². The molecule has 0 aromatic carbocycles. The fourth-order valence-electron chi connectivity index (χ4n) is 2.77. The van der Waals surface area contributed by atoms with Gasteiger partial charge in [-0.1, -0.05) is 58.3 Å². The van der Waals surface area contributed by atoms with Crippen LogP contribution in [0.1, 0.15) is 71.1 Å². The van der Waals surface area contributed by atoms with Crippen molar-refractivity contribution in [3.63, 3.8) is 0 Å². The van der Waals surface area contributed by atoms with Crippen molar-refractivity contribution in [1.29, 1.82) is 0 Å². The molecular weight excluding hydrogens is 330 g/mol. The predicted molar refractivity (Wildman–Crippen MR) is 93.4 cm³/mol. The molecule has 0 saturated carbocycles. The molecule has 24 heavy (non-hydrogen) atoms. The molecule has 0 unspecified atom stereocenters. The normalized spacial score (nSPS) is 17.7. The molecule has 0 aliphatic carbocycles. The Morgan fingerprint density at radius 2 is 1.67 bits per heavy atom. The number of amides is 1. The molecular formula is C17H31NO5S. The van der Waals surface area contributed by atoms with E-state index in [0.717, 1.165) is 19.3 Å². The van der Waals surface area contributed by atoms with Crippen molar-refractivity contribution in [2.45, 2.75) is 77.2 Å². The first-order valence-corrected chi connectivity index (χ1v) is 10.9. The van der Waals surface area contributed by atoms with Crippen LogP contribution in [0, 0.1) is 0 Å². The van der Waals surface area contributed by atoms with Gasteiger partial charge in [-0.05, 0) is 6.42 Å². The maximum Gasteiger partial charge on any atom is 0.328 e. The first-order chi connectivity index (χ1) is 11.4. The summed E-state index contributed by atoms with van der Waals surface area (Å²) in [6.45, 7) is 2.47. The van der Waals surface area contributed by atoms with Crippen LogP contribution in [0.15, 0.2) is 0 Å². The highest BCUT2D eigenvalue weighted by Crippen LogP contribution is 2.10. The van der Waals surface area contributed by atoms with Gasteiger partial charge in [0.05, 0.1) is 12.4 Å². The lowest BCUT2D eigenvalue weighted by Gasteiger charge is -2.09. The zero-order valence-electron chi connectivity index (χ0n) is 14.7. The van der Waals surface area contributed by atoms with Crippen molar-refractivity contribution >= 4 is 21.7 Å². The monoisotopic (exact) mass is 361 g/mol. The Kier molecular flexibility index (Phi) is 9.98. The molecule has 0 radical (unpaired) electrons. The van der Waals surface area contributed by atoms with Crippen LogP contribution < -0.4 is 5.32 Å². The predicted octanol–water partition coefficient (Wildman–Crippen LogP) is 2.36. The average molecular weight is 362 g/mol. The van der Waals surface area contributed by atoms with Crippen molar-refractivity contribution in [2.75, 3.05) is 18.1 Å². The number of carbonyl (C=O) groups is 2. The highest BCUT2D eigenvalue weighted by molar-refractivity contribution is 7.92. The smallest absolute Gasteiger partial charge is 0.328 e. The van der Waals surface area contributed by atoms with Crippen LogP contribution in [0.5, 0.6) is 0 Å². The fraction of sp³-hybridized carbons (Fsp3) is 0.882.